The summed E-state index contributed by atoms with van der Waals surface area (Å²) in [5.74, 6) is 0. The summed E-state index contributed by atoms with van der Waals surface area (Å²) in [7, 11) is 0. The normalized spacial score (nSPS) is 7.50. The zero-order valence-electron chi connectivity index (χ0n) is 2.52. The fraction of sp³-hybridized carbons (Fsp3) is 1.00. The standard InChI is InChI=1S/C2H5S2/c1-4-2-3/h2H2,1H3. The maximum Gasteiger partial charge on any atom is 0.0493 e. The van der Waals surface area contributed by atoms with E-state index < -0.39 is 0 Å². The number of rotatable bonds is 1. The fourth-order valence-electron chi connectivity index (χ4n) is 0. The summed E-state index contributed by atoms with van der Waals surface area (Å²) in [4.78, 5) is 0. The van der Waals surface area contributed by atoms with Crippen LogP contribution in [0.25, 0.3) is 0 Å². The summed E-state index contributed by atoms with van der Waals surface area (Å²) in [6.45, 7) is 0. The maximum atomic E-state index is 4.52. The Kier molecular flexibility index (Phi) is 4.35. The Morgan fingerprint density at radius 3 is 2.25 bits per heavy atom. The van der Waals surface area contributed by atoms with Gasteiger partial charge in [-0.25, -0.2) is 0 Å². The molecule has 0 unspecified atom stereocenters. The minimum absolute atomic E-state index is 0.819. The molecule has 0 spiro atoms. The van der Waals surface area contributed by atoms with E-state index in [9.17, 15) is 0 Å². The minimum Gasteiger partial charge on any atom is -0.154 e. The van der Waals surface area contributed by atoms with Gasteiger partial charge in [0.15, 0.2) is 0 Å². The van der Waals surface area contributed by atoms with E-state index in [0.717, 1.165) is 5.08 Å². The van der Waals surface area contributed by atoms with Crippen LogP contribution in [0.3, 0.4) is 0 Å². The van der Waals surface area contributed by atoms with Crippen LogP contribution in [0.15, 0.2) is 0 Å². The first-order chi connectivity index (χ1) is 1.91. The average Bonchev–Trinajstić information content (AvgIpc) is 1.37. The monoisotopic (exact) mass is 93.0 g/mol. The van der Waals surface area contributed by atoms with Gasteiger partial charge >= 0.3 is 0 Å². The van der Waals surface area contributed by atoms with E-state index in [4.69, 9.17) is 0 Å². The highest BCUT2D eigenvalue weighted by atomic mass is 32.2. The highest BCUT2D eigenvalue weighted by Gasteiger charge is 1.57. The van der Waals surface area contributed by atoms with Gasteiger partial charge in [0.25, 0.3) is 0 Å². The van der Waals surface area contributed by atoms with Gasteiger partial charge in [0.1, 0.15) is 0 Å². The Balaban J connectivity index is 1.97. The van der Waals surface area contributed by atoms with Gasteiger partial charge in [-0.15, -0.1) is 0 Å². The molecule has 0 saturated carbocycles. The molecule has 0 aromatic rings. The smallest absolute Gasteiger partial charge is 0.0493 e. The Bertz CT molecular complexity index is 6.00. The van der Waals surface area contributed by atoms with Crippen molar-refractivity contribution in [2.24, 2.45) is 0 Å². The molecular formula is C2H5S2. The van der Waals surface area contributed by atoms with Crippen LogP contribution < -0.4 is 0 Å². The summed E-state index contributed by atoms with van der Waals surface area (Å²) in [5, 5.41) is 0.819. The van der Waals surface area contributed by atoms with Crippen LogP contribution >= 0.6 is 24.4 Å². The zero-order valence-corrected chi connectivity index (χ0v) is 4.16. The van der Waals surface area contributed by atoms with E-state index in [0.29, 0.717) is 0 Å². The van der Waals surface area contributed by atoms with Gasteiger partial charge < -0.3 is 0 Å². The molecule has 0 bridgehead atoms. The molecule has 4 heavy (non-hydrogen) atoms. The molecule has 0 nitrogen and oxygen atoms in total. The summed E-state index contributed by atoms with van der Waals surface area (Å²) in [5.41, 5.74) is 0. The first-order valence-corrected chi connectivity index (χ1v) is 2.96. The molecule has 0 saturated heterocycles. The van der Waals surface area contributed by atoms with Crippen LogP contribution in [0.1, 0.15) is 0 Å². The van der Waals surface area contributed by atoms with Crippen molar-refractivity contribution < 1.29 is 0 Å². The molecule has 0 aromatic carbocycles. The molecule has 0 aliphatic rings. The lowest BCUT2D eigenvalue weighted by atomic mass is 11.9. The van der Waals surface area contributed by atoms with Gasteiger partial charge in [-0.2, -0.15) is 11.8 Å². The number of thioether (sulfide) groups is 1. The van der Waals surface area contributed by atoms with Crippen LogP contribution in [0.2, 0.25) is 0 Å². The predicted molar refractivity (Wildman–Crippen MR) is 26.0 cm³/mol. The molecule has 0 amide bonds. The van der Waals surface area contributed by atoms with Crippen LogP contribution in [0.5, 0.6) is 0 Å². The third kappa shape index (κ3) is 2.70. The second-order valence-electron chi connectivity index (χ2n) is 0.407. The first-order valence-electron chi connectivity index (χ1n) is 0.986. The zero-order chi connectivity index (χ0) is 3.41. The van der Waals surface area contributed by atoms with Crippen LogP contribution in [0, 0.1) is 0 Å². The van der Waals surface area contributed by atoms with E-state index in [-0.39, 0.29) is 0 Å². The van der Waals surface area contributed by atoms with Gasteiger partial charge in [-0.1, -0.05) is 12.6 Å². The summed E-state index contributed by atoms with van der Waals surface area (Å²) in [6, 6.07) is 0. The molecule has 0 aliphatic carbocycles. The van der Waals surface area contributed by atoms with E-state index in [1.807, 2.05) is 6.26 Å². The van der Waals surface area contributed by atoms with Crippen LogP contribution in [-0.2, 0) is 0 Å². The van der Waals surface area contributed by atoms with Gasteiger partial charge in [-0.05, 0) is 6.26 Å². The molecule has 0 atom stereocenters. The molecule has 0 fully saturated rings. The summed E-state index contributed by atoms with van der Waals surface area (Å²) >= 11 is 6.19. The molecule has 25 valence electrons. The van der Waals surface area contributed by atoms with Crippen molar-refractivity contribution >= 4 is 24.4 Å². The van der Waals surface area contributed by atoms with Gasteiger partial charge in [0.2, 0.25) is 0 Å². The highest BCUT2D eigenvalue weighted by Crippen LogP contribution is 1.90. The highest BCUT2D eigenvalue weighted by molar-refractivity contribution is 8.08. The van der Waals surface area contributed by atoms with Crippen LogP contribution in [0.4, 0.5) is 0 Å². The molecule has 0 rings (SSSR count). The lowest BCUT2D eigenvalue weighted by Gasteiger charge is -1.67. The Labute approximate surface area is 36.4 Å². The van der Waals surface area contributed by atoms with Crippen molar-refractivity contribution in [1.82, 2.24) is 0 Å². The van der Waals surface area contributed by atoms with Gasteiger partial charge in [0.05, 0.1) is 0 Å². The SMILES string of the molecule is CSC[S]. The summed E-state index contributed by atoms with van der Waals surface area (Å²) < 4.78 is 0. The lowest BCUT2D eigenvalue weighted by Crippen LogP contribution is -1.45. The van der Waals surface area contributed by atoms with Crippen molar-refractivity contribution in [2.45, 2.75) is 0 Å². The topological polar surface area (TPSA) is 0 Å². The Morgan fingerprint density at radius 2 is 2.25 bits per heavy atom. The molecular weight excluding hydrogens is 88.2 g/mol. The minimum atomic E-state index is 0.819. The molecule has 0 aliphatic heterocycles. The van der Waals surface area contributed by atoms with Crippen molar-refractivity contribution in [3.63, 3.8) is 0 Å². The van der Waals surface area contributed by atoms with E-state index in [1.165, 1.54) is 0 Å². The maximum absolute atomic E-state index is 4.52. The summed E-state index contributed by atoms with van der Waals surface area (Å²) in [6.07, 6.45) is 1.99. The second kappa shape index (κ2) is 3.70. The van der Waals surface area contributed by atoms with Crippen molar-refractivity contribution in [2.75, 3.05) is 11.3 Å². The van der Waals surface area contributed by atoms with E-state index in [1.54, 1.807) is 11.8 Å². The van der Waals surface area contributed by atoms with Crippen molar-refractivity contribution in [1.29, 1.82) is 0 Å². The molecule has 0 N–H and O–H groups in total. The average molecular weight is 93.2 g/mol. The third-order valence-corrected chi connectivity index (χ3v) is 1.06. The molecule has 0 heterocycles. The fourth-order valence-corrected chi connectivity index (χ4v) is 0. The van der Waals surface area contributed by atoms with E-state index in [2.05, 4.69) is 12.6 Å². The molecule has 0 aromatic heterocycles. The molecule has 2 heteroatoms. The Hall–Kier alpha value is 0.700. The van der Waals surface area contributed by atoms with E-state index >= 15 is 0 Å². The third-order valence-electron chi connectivity index (χ3n) is 0.118. The van der Waals surface area contributed by atoms with Crippen LogP contribution in [-0.4, -0.2) is 11.3 Å². The first kappa shape index (κ1) is 4.70. The predicted octanol–water partition coefficient (Wildman–Crippen LogP) is 1.50. The lowest BCUT2D eigenvalue weighted by molar-refractivity contribution is 2.26. The van der Waals surface area contributed by atoms with Crippen molar-refractivity contribution in [3.05, 3.63) is 0 Å². The van der Waals surface area contributed by atoms with Crippen molar-refractivity contribution in [3.8, 4) is 0 Å². The quantitative estimate of drug-likeness (QED) is 0.473. The Morgan fingerprint density at radius 1 is 2.00 bits per heavy atom. The second-order valence-corrected chi connectivity index (χ2v) is 1.93. The number of hydrogen-bond donors (Lipinski definition) is 0. The van der Waals surface area contributed by atoms with Gasteiger partial charge in [-0.3, -0.25) is 0 Å². The largest absolute Gasteiger partial charge is 0.154 e. The number of hydrogen-bond acceptors (Lipinski definition) is 1. The van der Waals surface area contributed by atoms with Gasteiger partial charge in [0, 0.05) is 5.08 Å². The molecule has 1 radical (unpaired) electrons.